The van der Waals surface area contributed by atoms with Gasteiger partial charge in [-0.25, -0.2) is 18.0 Å². The minimum Gasteiger partial charge on any atom is -0.482 e. The molecule has 0 saturated carbocycles. The van der Waals surface area contributed by atoms with Crippen LogP contribution >= 0.6 is 0 Å². The smallest absolute Gasteiger partial charge is 0.344 e. The van der Waals surface area contributed by atoms with Crippen LogP contribution in [-0.2, 0) is 14.3 Å². The van der Waals surface area contributed by atoms with E-state index in [1.165, 1.54) is 6.92 Å². The third kappa shape index (κ3) is 5.22. The lowest BCUT2D eigenvalue weighted by Crippen LogP contribution is -2.32. The number of nitrogens with one attached hydrogen (secondary N) is 1. The number of benzene rings is 2. The maximum Gasteiger partial charge on any atom is 0.344 e. The minimum absolute atomic E-state index is 0.430. The molecule has 2 aromatic carbocycles. The normalized spacial score (nSPS) is 11.6. The molecule has 0 saturated heterocycles. The van der Waals surface area contributed by atoms with Crippen molar-refractivity contribution in [2.75, 3.05) is 11.9 Å². The number of hydrogen-bond donors (Lipinski definition) is 1. The number of ether oxygens (including phenoxy) is 2. The molecule has 0 aromatic heterocycles. The summed E-state index contributed by atoms with van der Waals surface area (Å²) in [6.45, 7) is 4.56. The Morgan fingerprint density at radius 1 is 1.07 bits per heavy atom. The van der Waals surface area contributed by atoms with Gasteiger partial charge in [-0.3, -0.25) is 4.79 Å². The zero-order valence-corrected chi connectivity index (χ0v) is 14.9. The quantitative estimate of drug-likeness (QED) is 0.613. The van der Waals surface area contributed by atoms with Crippen LogP contribution in [0.4, 0.5) is 18.9 Å². The fourth-order valence-electron chi connectivity index (χ4n) is 2.24. The first kappa shape index (κ1) is 20.3. The zero-order chi connectivity index (χ0) is 20.1. The van der Waals surface area contributed by atoms with E-state index < -0.39 is 47.7 Å². The molecule has 0 fully saturated rings. The largest absolute Gasteiger partial charge is 0.482 e. The van der Waals surface area contributed by atoms with Crippen LogP contribution < -0.4 is 10.1 Å². The Bertz CT molecular complexity index is 870. The molecule has 0 aliphatic rings. The average molecular weight is 381 g/mol. The minimum atomic E-state index is -1.71. The van der Waals surface area contributed by atoms with Crippen molar-refractivity contribution >= 4 is 17.6 Å². The van der Waals surface area contributed by atoms with Crippen LogP contribution in [0.5, 0.6) is 5.75 Å². The lowest BCUT2D eigenvalue weighted by atomic mass is 10.1. The van der Waals surface area contributed by atoms with Crippen molar-refractivity contribution in [2.24, 2.45) is 0 Å². The zero-order valence-electron chi connectivity index (χ0n) is 14.9. The van der Waals surface area contributed by atoms with Crippen molar-refractivity contribution < 1.29 is 32.2 Å². The molecule has 0 bridgehead atoms. The Labute approximate surface area is 154 Å². The Balaban J connectivity index is 1.90. The van der Waals surface area contributed by atoms with Gasteiger partial charge in [0, 0.05) is 0 Å². The number of amides is 1. The molecule has 0 aliphatic heterocycles. The third-order valence-corrected chi connectivity index (χ3v) is 3.65. The van der Waals surface area contributed by atoms with E-state index in [1.54, 1.807) is 6.07 Å². The number of rotatable bonds is 6. The van der Waals surface area contributed by atoms with Crippen molar-refractivity contribution in [1.29, 1.82) is 0 Å². The predicted molar refractivity (Wildman–Crippen MR) is 91.9 cm³/mol. The molecule has 1 atom stereocenters. The Morgan fingerprint density at radius 3 is 2.44 bits per heavy atom. The van der Waals surface area contributed by atoms with Gasteiger partial charge in [0.1, 0.15) is 5.75 Å². The highest BCUT2D eigenvalue weighted by molar-refractivity contribution is 5.95. The van der Waals surface area contributed by atoms with E-state index >= 15 is 0 Å². The van der Waals surface area contributed by atoms with Crippen LogP contribution in [0.1, 0.15) is 18.1 Å². The second kappa shape index (κ2) is 8.57. The first-order valence-electron chi connectivity index (χ1n) is 8.03. The number of esters is 1. The van der Waals surface area contributed by atoms with Gasteiger partial charge in [0.05, 0.1) is 5.69 Å². The second-order valence-electron chi connectivity index (χ2n) is 5.90. The number of anilines is 1. The molecule has 0 heterocycles. The summed E-state index contributed by atoms with van der Waals surface area (Å²) in [4.78, 5) is 23.8. The SMILES string of the molecule is Cc1ccc(OCC(=O)O[C@H](C)C(=O)Nc2ccc(F)c(F)c2F)c(C)c1. The summed E-state index contributed by atoms with van der Waals surface area (Å²) in [5.74, 6) is -5.85. The van der Waals surface area contributed by atoms with Gasteiger partial charge >= 0.3 is 5.97 Å². The van der Waals surface area contributed by atoms with Gasteiger partial charge in [0.25, 0.3) is 5.91 Å². The standard InChI is InChI=1S/C19H18F3NO4/c1-10-4-7-15(11(2)8-10)26-9-16(24)27-12(3)19(25)23-14-6-5-13(20)17(21)18(14)22/h4-8,12H,9H2,1-3H3,(H,23,25)/t12-/m1/s1. The molecule has 2 aromatic rings. The molecule has 0 unspecified atom stereocenters. The van der Waals surface area contributed by atoms with Gasteiger partial charge in [-0.1, -0.05) is 17.7 Å². The van der Waals surface area contributed by atoms with Crippen LogP contribution in [0.2, 0.25) is 0 Å². The van der Waals surface area contributed by atoms with Crippen molar-refractivity contribution in [1.82, 2.24) is 0 Å². The molecule has 1 N–H and O–H groups in total. The topological polar surface area (TPSA) is 64.6 Å². The van der Waals surface area contributed by atoms with Crippen LogP contribution in [0.15, 0.2) is 30.3 Å². The molecule has 0 aliphatic carbocycles. The van der Waals surface area contributed by atoms with Crippen LogP contribution in [0.3, 0.4) is 0 Å². The predicted octanol–water partition coefficient (Wildman–Crippen LogP) is 3.67. The maximum atomic E-state index is 13.6. The molecule has 144 valence electrons. The lowest BCUT2D eigenvalue weighted by molar-refractivity contribution is -0.155. The summed E-state index contributed by atoms with van der Waals surface area (Å²) < 4.78 is 49.9. The van der Waals surface area contributed by atoms with Crippen molar-refractivity contribution in [3.05, 3.63) is 58.9 Å². The Morgan fingerprint density at radius 2 is 1.78 bits per heavy atom. The molecular weight excluding hydrogens is 363 g/mol. The van der Waals surface area contributed by atoms with Gasteiger partial charge < -0.3 is 14.8 Å². The van der Waals surface area contributed by atoms with Crippen LogP contribution in [-0.4, -0.2) is 24.6 Å². The first-order valence-corrected chi connectivity index (χ1v) is 8.03. The number of hydrogen-bond acceptors (Lipinski definition) is 4. The molecule has 0 radical (unpaired) electrons. The van der Waals surface area contributed by atoms with E-state index in [-0.39, 0.29) is 0 Å². The number of halogens is 3. The summed E-state index contributed by atoms with van der Waals surface area (Å²) in [5.41, 5.74) is 1.31. The van der Waals surface area contributed by atoms with Crippen molar-refractivity contribution in [3.63, 3.8) is 0 Å². The summed E-state index contributed by atoms with van der Waals surface area (Å²) in [6.07, 6.45) is -1.30. The summed E-state index contributed by atoms with van der Waals surface area (Å²) in [7, 11) is 0. The second-order valence-corrected chi connectivity index (χ2v) is 5.90. The van der Waals surface area contributed by atoms with Crippen molar-refractivity contribution in [3.8, 4) is 5.75 Å². The van der Waals surface area contributed by atoms with E-state index in [4.69, 9.17) is 9.47 Å². The van der Waals surface area contributed by atoms with E-state index in [2.05, 4.69) is 0 Å². The van der Waals surface area contributed by atoms with Gasteiger partial charge in [0.15, 0.2) is 30.2 Å². The fourth-order valence-corrected chi connectivity index (χ4v) is 2.24. The molecular formula is C19H18F3NO4. The van der Waals surface area contributed by atoms with Crippen molar-refractivity contribution in [2.45, 2.75) is 26.9 Å². The molecule has 8 heteroatoms. The van der Waals surface area contributed by atoms with E-state index in [0.717, 1.165) is 17.2 Å². The van der Waals surface area contributed by atoms with Gasteiger partial charge in [0.2, 0.25) is 0 Å². The molecule has 2 rings (SSSR count). The van der Waals surface area contributed by atoms with Gasteiger partial charge in [-0.05, 0) is 44.5 Å². The Kier molecular flexibility index (Phi) is 6.44. The fraction of sp³-hybridized carbons (Fsp3) is 0.263. The van der Waals surface area contributed by atoms with Crippen LogP contribution in [0.25, 0.3) is 0 Å². The molecule has 1 amide bonds. The van der Waals surface area contributed by atoms with E-state index in [9.17, 15) is 22.8 Å². The third-order valence-electron chi connectivity index (χ3n) is 3.65. The number of carbonyl (C=O) groups is 2. The average Bonchev–Trinajstić information content (AvgIpc) is 2.61. The molecule has 0 spiro atoms. The first-order chi connectivity index (χ1) is 12.7. The van der Waals surface area contributed by atoms with E-state index in [1.807, 2.05) is 31.3 Å². The highest BCUT2D eigenvalue weighted by atomic mass is 19.2. The van der Waals surface area contributed by atoms with Crippen LogP contribution in [0, 0.1) is 31.3 Å². The maximum absolute atomic E-state index is 13.6. The Hall–Kier alpha value is -3.03. The lowest BCUT2D eigenvalue weighted by Gasteiger charge is -2.15. The summed E-state index contributed by atoms with van der Waals surface area (Å²) in [5, 5.41) is 2.03. The molecule has 27 heavy (non-hydrogen) atoms. The summed E-state index contributed by atoms with van der Waals surface area (Å²) in [6, 6.07) is 6.94. The van der Waals surface area contributed by atoms with E-state index in [0.29, 0.717) is 11.8 Å². The number of aryl methyl sites for hydroxylation is 2. The molecule has 5 nitrogen and oxygen atoms in total. The highest BCUT2D eigenvalue weighted by Gasteiger charge is 2.21. The van der Waals surface area contributed by atoms with Gasteiger partial charge in [-0.2, -0.15) is 0 Å². The summed E-state index contributed by atoms with van der Waals surface area (Å²) >= 11 is 0. The number of carbonyl (C=O) groups excluding carboxylic acids is 2. The highest BCUT2D eigenvalue weighted by Crippen LogP contribution is 2.20. The monoisotopic (exact) mass is 381 g/mol. The van der Waals surface area contributed by atoms with Gasteiger partial charge in [-0.15, -0.1) is 0 Å².